The number of para-hydroxylation sites is 1. The monoisotopic (exact) mass is 604 g/mol. The molecule has 5 aromatic carbocycles. The van der Waals surface area contributed by atoms with Gasteiger partial charge in [0.2, 0.25) is 0 Å². The van der Waals surface area contributed by atoms with Crippen LogP contribution in [0.3, 0.4) is 0 Å². The molecule has 0 amide bonds. The summed E-state index contributed by atoms with van der Waals surface area (Å²) in [5.41, 5.74) is 9.53. The van der Waals surface area contributed by atoms with Gasteiger partial charge in [-0.2, -0.15) is 0 Å². The third kappa shape index (κ3) is 4.87. The van der Waals surface area contributed by atoms with Gasteiger partial charge in [0.25, 0.3) is 0 Å². The summed E-state index contributed by atoms with van der Waals surface area (Å²) in [7, 11) is 0. The molecule has 0 aliphatic heterocycles. The molecule has 0 fully saturated rings. The van der Waals surface area contributed by atoms with Crippen molar-refractivity contribution >= 4 is 33.0 Å². The average Bonchev–Trinajstić information content (AvgIpc) is 3.53. The second-order valence-corrected chi connectivity index (χ2v) is 11.2. The normalized spacial score (nSPS) is 11.4. The van der Waals surface area contributed by atoms with Crippen molar-refractivity contribution in [3.63, 3.8) is 0 Å². The van der Waals surface area contributed by atoms with E-state index in [2.05, 4.69) is 29.2 Å². The molecule has 0 saturated carbocycles. The van der Waals surface area contributed by atoms with E-state index in [1.807, 2.05) is 115 Å². The molecular formula is C40H24N6O. The summed E-state index contributed by atoms with van der Waals surface area (Å²) in [6.07, 6.45) is 1.59. The minimum Gasteiger partial charge on any atom is -0.454 e. The van der Waals surface area contributed by atoms with E-state index < -0.39 is 0 Å². The van der Waals surface area contributed by atoms with Crippen molar-refractivity contribution in [1.29, 1.82) is 0 Å². The Balaban J connectivity index is 1.15. The summed E-state index contributed by atoms with van der Waals surface area (Å²) in [5, 5.41) is 1.89. The summed E-state index contributed by atoms with van der Waals surface area (Å²) >= 11 is 0. The fraction of sp³-hybridized carbons (Fsp3) is 0. The average molecular weight is 605 g/mol. The minimum absolute atomic E-state index is 0.606. The fourth-order valence-electron chi connectivity index (χ4n) is 5.94. The maximum Gasteiger partial charge on any atom is 0.164 e. The molecule has 0 aliphatic rings. The molecule has 0 atom stereocenters. The first-order chi connectivity index (χ1) is 23.3. The van der Waals surface area contributed by atoms with Crippen LogP contribution in [0.2, 0.25) is 0 Å². The molecule has 0 aliphatic carbocycles. The van der Waals surface area contributed by atoms with E-state index in [9.17, 15) is 0 Å². The quantitative estimate of drug-likeness (QED) is 0.193. The van der Waals surface area contributed by atoms with Crippen LogP contribution in [0.4, 0.5) is 0 Å². The van der Waals surface area contributed by atoms with Crippen molar-refractivity contribution in [2.75, 3.05) is 0 Å². The maximum absolute atomic E-state index is 6.01. The summed E-state index contributed by atoms with van der Waals surface area (Å²) in [6, 6.07) is 46.4. The highest BCUT2D eigenvalue weighted by Gasteiger charge is 2.15. The second kappa shape index (κ2) is 11.1. The Labute approximate surface area is 269 Å². The van der Waals surface area contributed by atoms with E-state index in [1.54, 1.807) is 6.33 Å². The lowest BCUT2D eigenvalue weighted by Gasteiger charge is -2.10. The summed E-state index contributed by atoms with van der Waals surface area (Å²) < 4.78 is 6.01. The Bertz CT molecular complexity index is 2520. The SMILES string of the molecule is c1ccc(-c2nc(-c3ccccc3)nc(-c3cccc(-c4ccc5ncnc(-c6ccc7oc8ccccc8c7n6)c5c4)c3)n2)cc1. The smallest absolute Gasteiger partial charge is 0.164 e. The van der Waals surface area contributed by atoms with Crippen LogP contribution < -0.4 is 0 Å². The molecule has 47 heavy (non-hydrogen) atoms. The molecule has 7 nitrogen and oxygen atoms in total. The van der Waals surface area contributed by atoms with Crippen LogP contribution in [-0.2, 0) is 0 Å². The Hall–Kier alpha value is -6.60. The lowest BCUT2D eigenvalue weighted by Crippen LogP contribution is -2.00. The van der Waals surface area contributed by atoms with Crippen molar-refractivity contribution in [3.05, 3.63) is 146 Å². The lowest BCUT2D eigenvalue weighted by atomic mass is 9.99. The van der Waals surface area contributed by atoms with Gasteiger partial charge < -0.3 is 4.42 Å². The zero-order valence-electron chi connectivity index (χ0n) is 24.9. The molecule has 9 rings (SSSR count). The van der Waals surface area contributed by atoms with Crippen LogP contribution in [0.25, 0.3) is 89.7 Å². The number of aromatic nitrogens is 6. The van der Waals surface area contributed by atoms with Crippen molar-refractivity contribution in [2.24, 2.45) is 0 Å². The molecule has 9 aromatic rings. The number of hydrogen-bond acceptors (Lipinski definition) is 7. The van der Waals surface area contributed by atoms with Gasteiger partial charge in [0.05, 0.1) is 16.9 Å². The van der Waals surface area contributed by atoms with Gasteiger partial charge in [0.15, 0.2) is 23.1 Å². The largest absolute Gasteiger partial charge is 0.454 e. The maximum atomic E-state index is 6.01. The summed E-state index contributed by atoms with van der Waals surface area (Å²) in [5.74, 6) is 1.86. The molecule has 7 heteroatoms. The Kier molecular flexibility index (Phi) is 6.31. The van der Waals surface area contributed by atoms with E-state index >= 15 is 0 Å². The van der Waals surface area contributed by atoms with E-state index in [0.29, 0.717) is 17.5 Å². The number of pyridine rings is 1. The number of benzene rings is 5. The summed E-state index contributed by atoms with van der Waals surface area (Å²) in [6.45, 7) is 0. The third-order valence-corrected chi connectivity index (χ3v) is 8.25. The van der Waals surface area contributed by atoms with E-state index in [4.69, 9.17) is 29.3 Å². The highest BCUT2D eigenvalue weighted by atomic mass is 16.3. The lowest BCUT2D eigenvalue weighted by molar-refractivity contribution is 0.668. The van der Waals surface area contributed by atoms with Crippen LogP contribution in [0.1, 0.15) is 0 Å². The standard InChI is InChI=1S/C40H24N6O/c1-3-10-25(11-4-1)38-44-39(26-12-5-2-6-13-26)46-40(45-38)29-15-9-14-27(22-29)28-18-19-32-31(23-28)36(42-24-41-32)33-20-21-35-37(43-33)30-16-7-8-17-34(30)47-35/h1-24H. The van der Waals surface area contributed by atoms with Crippen LogP contribution >= 0.6 is 0 Å². The Morgan fingerprint density at radius 1 is 0.404 bits per heavy atom. The minimum atomic E-state index is 0.606. The summed E-state index contributed by atoms with van der Waals surface area (Å²) in [4.78, 5) is 28.9. The van der Waals surface area contributed by atoms with E-state index in [-0.39, 0.29) is 0 Å². The molecule has 220 valence electrons. The van der Waals surface area contributed by atoms with E-state index in [0.717, 1.165) is 72.2 Å². The topological polar surface area (TPSA) is 90.5 Å². The van der Waals surface area contributed by atoms with Crippen molar-refractivity contribution < 1.29 is 4.42 Å². The van der Waals surface area contributed by atoms with Gasteiger partial charge in [-0.1, -0.05) is 97.1 Å². The molecule has 0 spiro atoms. The molecule has 0 N–H and O–H groups in total. The predicted molar refractivity (Wildman–Crippen MR) is 185 cm³/mol. The van der Waals surface area contributed by atoms with Gasteiger partial charge in [-0.25, -0.2) is 29.9 Å². The number of fused-ring (bicyclic) bond motifs is 4. The van der Waals surface area contributed by atoms with Gasteiger partial charge in [-0.15, -0.1) is 0 Å². The molecule has 4 aromatic heterocycles. The number of furan rings is 1. The van der Waals surface area contributed by atoms with Crippen molar-refractivity contribution in [1.82, 2.24) is 29.9 Å². The fourth-order valence-corrected chi connectivity index (χ4v) is 5.94. The first-order valence-electron chi connectivity index (χ1n) is 15.3. The molecule has 0 bridgehead atoms. The highest BCUT2D eigenvalue weighted by Crippen LogP contribution is 2.34. The van der Waals surface area contributed by atoms with Crippen LogP contribution in [0.5, 0.6) is 0 Å². The Morgan fingerprint density at radius 2 is 1.04 bits per heavy atom. The van der Waals surface area contributed by atoms with Gasteiger partial charge >= 0.3 is 0 Å². The van der Waals surface area contributed by atoms with Gasteiger partial charge in [0, 0.05) is 27.5 Å². The van der Waals surface area contributed by atoms with Crippen LogP contribution in [0.15, 0.2) is 150 Å². The first kappa shape index (κ1) is 26.8. The van der Waals surface area contributed by atoms with Gasteiger partial charge in [-0.05, 0) is 53.6 Å². The van der Waals surface area contributed by atoms with Crippen molar-refractivity contribution in [2.45, 2.75) is 0 Å². The van der Waals surface area contributed by atoms with Gasteiger partial charge in [0.1, 0.15) is 17.4 Å². The zero-order valence-corrected chi connectivity index (χ0v) is 24.9. The molecular weight excluding hydrogens is 580 g/mol. The molecule has 4 heterocycles. The van der Waals surface area contributed by atoms with Crippen LogP contribution in [-0.4, -0.2) is 29.9 Å². The molecule has 0 unspecified atom stereocenters. The highest BCUT2D eigenvalue weighted by molar-refractivity contribution is 6.04. The van der Waals surface area contributed by atoms with E-state index in [1.165, 1.54) is 0 Å². The van der Waals surface area contributed by atoms with Gasteiger partial charge in [-0.3, -0.25) is 0 Å². The number of hydrogen-bond donors (Lipinski definition) is 0. The number of nitrogens with zero attached hydrogens (tertiary/aromatic N) is 6. The molecule has 0 radical (unpaired) electrons. The third-order valence-electron chi connectivity index (χ3n) is 8.25. The van der Waals surface area contributed by atoms with Crippen LogP contribution in [0, 0.1) is 0 Å². The zero-order chi connectivity index (χ0) is 31.2. The predicted octanol–water partition coefficient (Wildman–Crippen LogP) is 9.44. The second-order valence-electron chi connectivity index (χ2n) is 11.2. The Morgan fingerprint density at radius 3 is 1.81 bits per heavy atom. The first-order valence-corrected chi connectivity index (χ1v) is 15.3. The molecule has 0 saturated heterocycles. The van der Waals surface area contributed by atoms with Crippen molar-refractivity contribution in [3.8, 4) is 56.7 Å². The number of rotatable bonds is 5.